The van der Waals surface area contributed by atoms with E-state index in [0.29, 0.717) is 18.4 Å². The molecule has 1 heterocycles. The van der Waals surface area contributed by atoms with Gasteiger partial charge in [0.1, 0.15) is 0 Å². The Kier molecular flexibility index (Phi) is 7.83. The molecule has 1 saturated heterocycles. The van der Waals surface area contributed by atoms with Gasteiger partial charge >= 0.3 is 0 Å². The van der Waals surface area contributed by atoms with Crippen molar-refractivity contribution in [1.82, 2.24) is 10.2 Å². The zero-order valence-electron chi connectivity index (χ0n) is 17.3. The first-order valence-electron chi connectivity index (χ1n) is 10.7. The largest absolute Gasteiger partial charge is 0.504 e. The van der Waals surface area contributed by atoms with Gasteiger partial charge in [0, 0.05) is 31.8 Å². The summed E-state index contributed by atoms with van der Waals surface area (Å²) in [4.78, 5) is 7.05. The van der Waals surface area contributed by atoms with Gasteiger partial charge in [-0.1, -0.05) is 25.0 Å². The number of piperidine rings is 1. The summed E-state index contributed by atoms with van der Waals surface area (Å²) in [5, 5.41) is 13.7. The van der Waals surface area contributed by atoms with Crippen molar-refractivity contribution in [2.75, 3.05) is 33.4 Å². The van der Waals surface area contributed by atoms with Crippen LogP contribution in [0.15, 0.2) is 23.2 Å². The van der Waals surface area contributed by atoms with E-state index in [1.807, 2.05) is 12.1 Å². The number of phenolic OH excluding ortho intramolecular Hbond substituents is 1. The van der Waals surface area contributed by atoms with Crippen LogP contribution in [0, 0.1) is 5.92 Å². The summed E-state index contributed by atoms with van der Waals surface area (Å²) in [5.74, 6) is 2.34. The first-order chi connectivity index (χ1) is 13.7. The molecule has 156 valence electrons. The van der Waals surface area contributed by atoms with Gasteiger partial charge in [-0.2, -0.15) is 0 Å². The van der Waals surface area contributed by atoms with E-state index in [1.165, 1.54) is 25.7 Å². The molecule has 6 nitrogen and oxygen atoms in total. The highest BCUT2D eigenvalue weighted by molar-refractivity contribution is 5.80. The lowest BCUT2D eigenvalue weighted by Crippen LogP contribution is -2.47. The molecule has 6 heteroatoms. The van der Waals surface area contributed by atoms with Crippen LogP contribution in [0.3, 0.4) is 0 Å². The van der Waals surface area contributed by atoms with Crippen molar-refractivity contribution in [3.8, 4) is 11.5 Å². The van der Waals surface area contributed by atoms with Gasteiger partial charge < -0.3 is 24.8 Å². The van der Waals surface area contributed by atoms with Gasteiger partial charge in [0.15, 0.2) is 17.5 Å². The van der Waals surface area contributed by atoms with E-state index in [0.717, 1.165) is 56.5 Å². The van der Waals surface area contributed by atoms with E-state index < -0.39 is 0 Å². The van der Waals surface area contributed by atoms with Crippen LogP contribution in [0.4, 0.5) is 0 Å². The first kappa shape index (κ1) is 20.8. The van der Waals surface area contributed by atoms with Crippen molar-refractivity contribution in [3.05, 3.63) is 23.8 Å². The minimum Gasteiger partial charge on any atom is -0.504 e. The average molecular weight is 390 g/mol. The molecule has 0 aromatic heterocycles. The molecule has 1 aliphatic carbocycles. The predicted octanol–water partition coefficient (Wildman–Crippen LogP) is 3.54. The quantitative estimate of drug-likeness (QED) is 0.552. The third-order valence-corrected chi connectivity index (χ3v) is 5.82. The molecule has 0 radical (unpaired) electrons. The second kappa shape index (κ2) is 10.6. The SMILES string of the molecule is CCNC(=NCc1cccc(OC)c1O)N1CCC(OCC2CCCC2)CC1. The minimum absolute atomic E-state index is 0.170. The average Bonchev–Trinajstić information content (AvgIpc) is 3.25. The first-order valence-corrected chi connectivity index (χ1v) is 10.7. The summed E-state index contributed by atoms with van der Waals surface area (Å²) in [6.07, 6.45) is 7.89. The number of ether oxygens (including phenoxy) is 2. The minimum atomic E-state index is 0.170. The summed E-state index contributed by atoms with van der Waals surface area (Å²) < 4.78 is 11.4. The fraction of sp³-hybridized carbons (Fsp3) is 0.682. The highest BCUT2D eigenvalue weighted by Crippen LogP contribution is 2.30. The van der Waals surface area contributed by atoms with Crippen LogP contribution in [-0.2, 0) is 11.3 Å². The fourth-order valence-corrected chi connectivity index (χ4v) is 4.13. The van der Waals surface area contributed by atoms with Crippen molar-refractivity contribution in [2.24, 2.45) is 10.9 Å². The molecule has 0 unspecified atom stereocenters. The van der Waals surface area contributed by atoms with E-state index in [9.17, 15) is 5.11 Å². The van der Waals surface area contributed by atoms with Crippen molar-refractivity contribution in [3.63, 3.8) is 0 Å². The fourth-order valence-electron chi connectivity index (χ4n) is 4.13. The standard InChI is InChI=1S/C22H35N3O3/c1-3-23-22(24-15-18-9-6-10-20(27-2)21(18)26)25-13-11-19(12-14-25)28-16-17-7-4-5-8-17/h6,9-10,17,19,26H,3-5,7-8,11-16H2,1-2H3,(H,23,24). The van der Waals surface area contributed by atoms with Crippen molar-refractivity contribution < 1.29 is 14.6 Å². The van der Waals surface area contributed by atoms with Crippen molar-refractivity contribution in [1.29, 1.82) is 0 Å². The Morgan fingerprint density at radius 1 is 1.21 bits per heavy atom. The Balaban J connectivity index is 1.53. The maximum Gasteiger partial charge on any atom is 0.194 e. The third-order valence-electron chi connectivity index (χ3n) is 5.82. The van der Waals surface area contributed by atoms with Gasteiger partial charge in [0.2, 0.25) is 0 Å². The number of hydrogen-bond acceptors (Lipinski definition) is 4. The van der Waals surface area contributed by atoms with Crippen LogP contribution in [-0.4, -0.2) is 55.4 Å². The van der Waals surface area contributed by atoms with Gasteiger partial charge in [-0.25, -0.2) is 4.99 Å². The topological polar surface area (TPSA) is 66.3 Å². The number of benzene rings is 1. The number of nitrogens with one attached hydrogen (secondary N) is 1. The van der Waals surface area contributed by atoms with Crippen molar-refractivity contribution in [2.45, 2.75) is 58.1 Å². The summed E-state index contributed by atoms with van der Waals surface area (Å²) in [6, 6.07) is 5.52. The predicted molar refractivity (Wildman–Crippen MR) is 112 cm³/mol. The van der Waals surface area contributed by atoms with Gasteiger partial charge in [0.25, 0.3) is 0 Å². The summed E-state index contributed by atoms with van der Waals surface area (Å²) in [5.41, 5.74) is 0.768. The summed E-state index contributed by atoms with van der Waals surface area (Å²) in [7, 11) is 1.56. The molecule has 1 aromatic carbocycles. The van der Waals surface area contributed by atoms with Crippen LogP contribution in [0.25, 0.3) is 0 Å². The molecule has 2 aliphatic rings. The van der Waals surface area contributed by atoms with Crippen molar-refractivity contribution >= 4 is 5.96 Å². The molecule has 1 saturated carbocycles. The summed E-state index contributed by atoms with van der Waals surface area (Å²) in [6.45, 7) is 6.16. The number of methoxy groups -OCH3 is 1. The smallest absolute Gasteiger partial charge is 0.194 e. The zero-order chi connectivity index (χ0) is 19.8. The molecule has 1 aliphatic heterocycles. The lowest BCUT2D eigenvalue weighted by atomic mass is 10.1. The number of nitrogens with zero attached hydrogens (tertiary/aromatic N) is 2. The highest BCUT2D eigenvalue weighted by Gasteiger charge is 2.24. The van der Waals surface area contributed by atoms with E-state index in [-0.39, 0.29) is 5.75 Å². The van der Waals surface area contributed by atoms with Gasteiger partial charge in [0.05, 0.1) is 19.8 Å². The van der Waals surface area contributed by atoms with Crippen LogP contribution in [0.2, 0.25) is 0 Å². The number of aliphatic imine (C=N–C) groups is 1. The molecule has 28 heavy (non-hydrogen) atoms. The maximum absolute atomic E-state index is 10.3. The molecular formula is C22H35N3O3. The molecule has 0 spiro atoms. The summed E-state index contributed by atoms with van der Waals surface area (Å²) >= 11 is 0. The van der Waals surface area contributed by atoms with E-state index in [4.69, 9.17) is 14.5 Å². The lowest BCUT2D eigenvalue weighted by molar-refractivity contribution is 0.00101. The Morgan fingerprint density at radius 2 is 1.96 bits per heavy atom. The van der Waals surface area contributed by atoms with Gasteiger partial charge in [-0.15, -0.1) is 0 Å². The Hall–Kier alpha value is -1.95. The number of phenols is 1. The normalized spacial score (nSPS) is 19.2. The molecule has 0 bridgehead atoms. The molecule has 0 atom stereocenters. The van der Waals surface area contributed by atoms with Gasteiger partial charge in [-0.3, -0.25) is 0 Å². The number of rotatable bonds is 7. The zero-order valence-corrected chi connectivity index (χ0v) is 17.3. The number of hydrogen-bond donors (Lipinski definition) is 2. The van der Waals surface area contributed by atoms with Gasteiger partial charge in [-0.05, 0) is 44.6 Å². The van der Waals surface area contributed by atoms with E-state index >= 15 is 0 Å². The van der Waals surface area contributed by atoms with E-state index in [2.05, 4.69) is 17.1 Å². The Labute approximate surface area is 168 Å². The Bertz CT molecular complexity index is 636. The number of para-hydroxylation sites is 1. The van der Waals surface area contributed by atoms with Crippen LogP contribution < -0.4 is 10.1 Å². The number of likely N-dealkylation sites (tertiary alicyclic amines) is 1. The molecule has 3 rings (SSSR count). The second-order valence-corrected chi connectivity index (χ2v) is 7.81. The molecule has 1 aromatic rings. The molecular weight excluding hydrogens is 354 g/mol. The second-order valence-electron chi connectivity index (χ2n) is 7.81. The van der Waals surface area contributed by atoms with Crippen LogP contribution in [0.5, 0.6) is 11.5 Å². The molecule has 2 fully saturated rings. The monoisotopic (exact) mass is 389 g/mol. The number of aromatic hydroxyl groups is 1. The Morgan fingerprint density at radius 3 is 2.64 bits per heavy atom. The maximum atomic E-state index is 10.3. The molecule has 2 N–H and O–H groups in total. The van der Waals surface area contributed by atoms with Crippen LogP contribution in [0.1, 0.15) is 51.0 Å². The van der Waals surface area contributed by atoms with Crippen LogP contribution >= 0.6 is 0 Å². The lowest BCUT2D eigenvalue weighted by Gasteiger charge is -2.34. The third kappa shape index (κ3) is 5.53. The molecule has 0 amide bonds. The van der Waals surface area contributed by atoms with E-state index in [1.54, 1.807) is 13.2 Å². The highest BCUT2D eigenvalue weighted by atomic mass is 16.5. The number of guanidine groups is 1.